The second-order valence-corrected chi connectivity index (χ2v) is 5.17. The van der Waals surface area contributed by atoms with Crippen LogP contribution in [0.5, 0.6) is 0 Å². The van der Waals surface area contributed by atoms with Gasteiger partial charge >= 0.3 is 76.2 Å². The minimum absolute atomic E-state index is 0. The molecule has 1 heteroatoms. The van der Waals surface area contributed by atoms with E-state index in [1.807, 2.05) is 0 Å². The molecule has 0 aromatic carbocycles. The van der Waals surface area contributed by atoms with E-state index in [0.29, 0.717) is 0 Å². The number of rotatable bonds is 2. The number of hydrogen-bond acceptors (Lipinski definition) is 0. The van der Waals surface area contributed by atoms with E-state index in [2.05, 4.69) is 36.5 Å². The van der Waals surface area contributed by atoms with Crippen molar-refractivity contribution >= 4 is 0 Å². The molecule has 0 spiro atoms. The van der Waals surface area contributed by atoms with E-state index in [-0.39, 0.29) is 22.0 Å². The van der Waals surface area contributed by atoms with Crippen molar-refractivity contribution in [1.29, 1.82) is 0 Å². The van der Waals surface area contributed by atoms with Crippen molar-refractivity contribution in [2.75, 3.05) is 0 Å². The van der Waals surface area contributed by atoms with Crippen LogP contribution in [-0.4, -0.2) is 0 Å². The van der Waals surface area contributed by atoms with Crippen LogP contribution in [0, 0.1) is 0 Å². The molecule has 0 amide bonds. The van der Waals surface area contributed by atoms with Crippen LogP contribution in [0.3, 0.4) is 0 Å². The molecule has 0 aliphatic heterocycles. The van der Waals surface area contributed by atoms with E-state index in [1.54, 1.807) is 7.76 Å². The van der Waals surface area contributed by atoms with Gasteiger partial charge in [0.2, 0.25) is 0 Å². The molecule has 58 valence electrons. The molecule has 0 aromatic rings. The molecule has 0 aromatic heterocycles. The molecular weight excluding hydrogens is 168 g/mol. The normalized spacial score (nSPS) is 20.4. The van der Waals surface area contributed by atoms with E-state index in [1.165, 1.54) is 12.8 Å². The van der Waals surface area contributed by atoms with E-state index >= 15 is 0 Å². The summed E-state index contributed by atoms with van der Waals surface area (Å²) in [4.78, 5) is 0. The van der Waals surface area contributed by atoms with Gasteiger partial charge < -0.3 is 2.85 Å². The average molecular weight is 180 g/mol. The smallest absolute Gasteiger partial charge is 1.00 e. The minimum Gasteiger partial charge on any atom is -1.00 e. The first-order chi connectivity index (χ1) is 5.45. The van der Waals surface area contributed by atoms with Gasteiger partial charge in [-0.3, -0.25) is 0 Å². The van der Waals surface area contributed by atoms with Crippen LogP contribution in [0.15, 0.2) is 44.2 Å². The Balaban J connectivity index is 0.000000720. The fourth-order valence-corrected chi connectivity index (χ4v) is 3.18. The summed E-state index contributed by atoms with van der Waals surface area (Å²) in [6.45, 7) is 0. The molecule has 0 fully saturated rings. The molecule has 2 rings (SSSR count). The van der Waals surface area contributed by atoms with Crippen molar-refractivity contribution in [2.24, 2.45) is 0 Å². The third-order valence-electron chi connectivity index (χ3n) is 1.86. The summed E-state index contributed by atoms with van der Waals surface area (Å²) in [6, 6.07) is 0. The molecular formula is C10H12Ti-2. The number of allylic oxidation sites excluding steroid dienone is 8. The van der Waals surface area contributed by atoms with Crippen LogP contribution in [-0.2, 0) is 19.2 Å². The second kappa shape index (κ2) is 3.38. The predicted octanol–water partition coefficient (Wildman–Crippen LogP) is 2.98. The van der Waals surface area contributed by atoms with Crippen molar-refractivity contribution in [3.63, 3.8) is 0 Å². The van der Waals surface area contributed by atoms with Gasteiger partial charge in [-0.15, -0.1) is 0 Å². The van der Waals surface area contributed by atoms with Crippen LogP contribution in [0.1, 0.15) is 15.7 Å². The molecule has 0 saturated carbocycles. The summed E-state index contributed by atoms with van der Waals surface area (Å²) in [5, 5.41) is 0. The molecule has 0 bridgehead atoms. The molecule has 0 N–H and O–H groups in total. The Morgan fingerprint density at radius 2 is 1.55 bits per heavy atom. The van der Waals surface area contributed by atoms with Crippen LogP contribution < -0.4 is 0 Å². The summed E-state index contributed by atoms with van der Waals surface area (Å²) >= 11 is 0.0833. The Hall–Kier alpha value is -0.326. The van der Waals surface area contributed by atoms with Gasteiger partial charge in [-0.1, -0.05) is 0 Å². The molecule has 0 saturated heterocycles. The summed E-state index contributed by atoms with van der Waals surface area (Å²) in [6.07, 6.45) is 15.9. The van der Waals surface area contributed by atoms with Crippen LogP contribution >= 0.6 is 0 Å². The minimum atomic E-state index is 0. The molecule has 0 unspecified atom stereocenters. The van der Waals surface area contributed by atoms with Gasteiger partial charge in [0.15, 0.2) is 0 Å². The maximum atomic E-state index is 2.29. The third-order valence-corrected chi connectivity index (χ3v) is 4.02. The fourth-order valence-electron chi connectivity index (χ4n) is 1.29. The van der Waals surface area contributed by atoms with Crippen LogP contribution in [0.4, 0.5) is 0 Å². The van der Waals surface area contributed by atoms with Gasteiger partial charge in [0, 0.05) is 0 Å². The summed E-state index contributed by atoms with van der Waals surface area (Å²) in [5.74, 6) is 0. The van der Waals surface area contributed by atoms with E-state index in [4.69, 9.17) is 0 Å². The van der Waals surface area contributed by atoms with Gasteiger partial charge in [-0.05, 0) is 0 Å². The quantitative estimate of drug-likeness (QED) is 0.573. The van der Waals surface area contributed by atoms with Gasteiger partial charge in [0.05, 0.1) is 0 Å². The molecule has 11 heavy (non-hydrogen) atoms. The Morgan fingerprint density at radius 3 is 1.91 bits per heavy atom. The first-order valence-corrected chi connectivity index (χ1v) is 5.50. The molecule has 0 heterocycles. The van der Waals surface area contributed by atoms with Crippen molar-refractivity contribution in [3.8, 4) is 0 Å². The summed E-state index contributed by atoms with van der Waals surface area (Å²) in [7, 11) is 0. The Kier molecular flexibility index (Phi) is 2.25. The van der Waals surface area contributed by atoms with Crippen LogP contribution in [0.2, 0.25) is 0 Å². The molecule has 0 radical (unpaired) electrons. The first kappa shape index (κ1) is 7.33. The van der Waals surface area contributed by atoms with E-state index < -0.39 is 0 Å². The van der Waals surface area contributed by atoms with Crippen molar-refractivity contribution < 1.29 is 22.0 Å². The Morgan fingerprint density at radius 1 is 1.00 bits per heavy atom. The standard InChI is InChI=1S/2C5H5.Ti.2H/c2*1-2-4-5-3-1;;;/h2*1-3H,4H2;;;/q;;;2*-1. The van der Waals surface area contributed by atoms with Crippen LogP contribution in [0.25, 0.3) is 0 Å². The maximum Gasteiger partial charge on any atom is -1.00 e. The topological polar surface area (TPSA) is 0 Å². The molecule has 2 aliphatic carbocycles. The van der Waals surface area contributed by atoms with Crippen molar-refractivity contribution in [2.45, 2.75) is 12.8 Å². The van der Waals surface area contributed by atoms with Gasteiger partial charge in [0.1, 0.15) is 0 Å². The van der Waals surface area contributed by atoms with Gasteiger partial charge in [-0.2, -0.15) is 0 Å². The van der Waals surface area contributed by atoms with Crippen molar-refractivity contribution in [3.05, 3.63) is 44.2 Å². The molecule has 0 atom stereocenters. The maximum absolute atomic E-state index is 2.29. The zero-order chi connectivity index (χ0) is 7.52. The van der Waals surface area contributed by atoms with Crippen molar-refractivity contribution in [1.82, 2.24) is 0 Å². The summed E-state index contributed by atoms with van der Waals surface area (Å²) in [5.41, 5.74) is 0. The van der Waals surface area contributed by atoms with Gasteiger partial charge in [-0.25, -0.2) is 0 Å². The average Bonchev–Trinajstić information content (AvgIpc) is 2.60. The van der Waals surface area contributed by atoms with Gasteiger partial charge in [0.25, 0.3) is 0 Å². The predicted molar refractivity (Wildman–Crippen MR) is 45.9 cm³/mol. The molecule has 2 aliphatic rings. The SMILES string of the molecule is C1=CC[C]([Ti][C]2=CC=CC2)=C1.[H-].[H-]. The third kappa shape index (κ3) is 1.82. The zero-order valence-corrected chi connectivity index (χ0v) is 7.94. The summed E-state index contributed by atoms with van der Waals surface area (Å²) < 4.78 is 3.36. The fraction of sp³-hybridized carbons (Fsp3) is 0.200. The van der Waals surface area contributed by atoms with E-state index in [0.717, 1.165) is 0 Å². The monoisotopic (exact) mass is 180 g/mol. The first-order valence-electron chi connectivity index (χ1n) is 3.93. The van der Waals surface area contributed by atoms with E-state index in [9.17, 15) is 0 Å². The number of hydrogen-bond donors (Lipinski definition) is 0. The Bertz CT molecular complexity index is 247. The largest absolute Gasteiger partial charge is 1.00 e. The zero-order valence-electron chi connectivity index (χ0n) is 8.38. The second-order valence-electron chi connectivity index (χ2n) is 2.77. The Labute approximate surface area is 79.3 Å². The molecule has 0 nitrogen and oxygen atoms in total.